The van der Waals surface area contributed by atoms with Crippen LogP contribution in [0.1, 0.15) is 22.8 Å². The van der Waals surface area contributed by atoms with Gasteiger partial charge in [0.2, 0.25) is 10.0 Å². The quantitative estimate of drug-likeness (QED) is 0.430. The van der Waals surface area contributed by atoms with Gasteiger partial charge in [0.1, 0.15) is 5.69 Å². The second-order valence-corrected chi connectivity index (χ2v) is 9.07. The summed E-state index contributed by atoms with van der Waals surface area (Å²) in [4.78, 5) is 26.0. The maximum Gasteiger partial charge on any atom is 0.282 e. The highest BCUT2D eigenvalue weighted by Crippen LogP contribution is 2.22. The summed E-state index contributed by atoms with van der Waals surface area (Å²) in [5.41, 5.74) is 2.19. The van der Waals surface area contributed by atoms with E-state index in [0.717, 1.165) is 5.56 Å². The third kappa shape index (κ3) is 4.71. The van der Waals surface area contributed by atoms with Gasteiger partial charge in [0, 0.05) is 25.5 Å². The molecule has 4 rings (SSSR count). The number of amides is 1. The monoisotopic (exact) mass is 465 g/mol. The molecule has 170 valence electrons. The van der Waals surface area contributed by atoms with Crippen LogP contribution in [-0.2, 0) is 23.0 Å². The van der Waals surface area contributed by atoms with E-state index in [4.69, 9.17) is 5.14 Å². The molecular formula is C23H23N5O4S. The van der Waals surface area contributed by atoms with Crippen molar-refractivity contribution in [2.75, 3.05) is 6.54 Å². The second kappa shape index (κ2) is 9.00. The van der Waals surface area contributed by atoms with Crippen molar-refractivity contribution in [1.29, 1.82) is 0 Å². The zero-order chi connectivity index (χ0) is 23.6. The molecule has 0 atom stereocenters. The molecule has 0 aromatic heterocycles. The van der Waals surface area contributed by atoms with Crippen molar-refractivity contribution >= 4 is 15.9 Å². The highest BCUT2D eigenvalue weighted by molar-refractivity contribution is 7.89. The van der Waals surface area contributed by atoms with E-state index >= 15 is 0 Å². The van der Waals surface area contributed by atoms with Crippen LogP contribution in [0.25, 0.3) is 16.9 Å². The molecule has 0 saturated carbocycles. The summed E-state index contributed by atoms with van der Waals surface area (Å²) in [5, 5.41) is 12.4. The number of fused-ring (bicyclic) bond motifs is 1. The highest BCUT2D eigenvalue weighted by Gasteiger charge is 2.24. The first kappa shape index (κ1) is 22.4. The van der Waals surface area contributed by atoms with Crippen LogP contribution in [0.3, 0.4) is 0 Å². The lowest BCUT2D eigenvalue weighted by atomic mass is 10.1. The molecule has 1 amide bonds. The van der Waals surface area contributed by atoms with E-state index in [0.29, 0.717) is 42.0 Å². The Kier molecular flexibility index (Phi) is 6.12. The van der Waals surface area contributed by atoms with Crippen molar-refractivity contribution < 1.29 is 13.2 Å². The van der Waals surface area contributed by atoms with Gasteiger partial charge < -0.3 is 9.88 Å². The number of nitrogens with two attached hydrogens (primary N) is 1. The summed E-state index contributed by atoms with van der Waals surface area (Å²) in [7, 11) is -3.75. The van der Waals surface area contributed by atoms with Gasteiger partial charge in [0.15, 0.2) is 0 Å². The molecule has 33 heavy (non-hydrogen) atoms. The van der Waals surface area contributed by atoms with Crippen molar-refractivity contribution in [3.63, 3.8) is 0 Å². The van der Waals surface area contributed by atoms with Crippen LogP contribution in [0.2, 0.25) is 0 Å². The van der Waals surface area contributed by atoms with Gasteiger partial charge in [0.25, 0.3) is 11.5 Å². The Labute approximate surface area is 190 Å². The Bertz CT molecular complexity index is 1420. The van der Waals surface area contributed by atoms with E-state index in [1.54, 1.807) is 41.2 Å². The van der Waals surface area contributed by atoms with Crippen LogP contribution in [0.15, 0.2) is 76.7 Å². The molecule has 2 heterocycles. The van der Waals surface area contributed by atoms with E-state index in [2.05, 4.69) is 10.4 Å². The highest BCUT2D eigenvalue weighted by atomic mass is 32.2. The fourth-order valence-electron chi connectivity index (χ4n) is 3.51. The van der Waals surface area contributed by atoms with Gasteiger partial charge in [-0.15, -0.1) is 0 Å². The number of carbonyl (C=O) groups excluding carboxylic acids is 1. The Hall–Kier alpha value is -3.76. The number of nitrogens with one attached hydrogen (secondary N) is 1. The zero-order valence-corrected chi connectivity index (χ0v) is 18.7. The van der Waals surface area contributed by atoms with Gasteiger partial charge >= 0.3 is 0 Å². The molecule has 3 N–H and O–H groups in total. The topological polar surface area (TPSA) is 129 Å². The molecule has 0 unspecified atom stereocenters. The van der Waals surface area contributed by atoms with Gasteiger partial charge in [-0.3, -0.25) is 9.59 Å². The number of rotatable bonds is 7. The van der Waals surface area contributed by atoms with Crippen molar-refractivity contribution in [2.24, 2.45) is 5.14 Å². The number of primary sulfonamides is 1. The number of hydrogen-bond acceptors (Lipinski definition) is 5. The molecule has 9 nitrogen and oxygen atoms in total. The third-order valence-corrected chi connectivity index (χ3v) is 6.21. The molecule has 0 fully saturated rings. The predicted molar refractivity (Wildman–Crippen MR) is 124 cm³/mol. The van der Waals surface area contributed by atoms with Crippen molar-refractivity contribution in [3.8, 4) is 16.9 Å². The number of carbonyl (C=O) groups is 1. The van der Waals surface area contributed by atoms with Gasteiger partial charge in [0.05, 0.1) is 21.7 Å². The molecule has 0 radical (unpaired) electrons. The maximum absolute atomic E-state index is 13.0. The largest absolute Gasteiger partial charge is 0.353 e. The fourth-order valence-corrected chi connectivity index (χ4v) is 4.03. The number of aryl methyl sites for hydroxylation is 1. The minimum Gasteiger partial charge on any atom is -0.353 e. The Balaban J connectivity index is 1.57. The maximum atomic E-state index is 13.0. The molecule has 2 aromatic carbocycles. The van der Waals surface area contributed by atoms with Crippen LogP contribution < -0.4 is 16.0 Å². The van der Waals surface area contributed by atoms with Gasteiger partial charge in [-0.2, -0.15) is 9.78 Å². The summed E-state index contributed by atoms with van der Waals surface area (Å²) < 4.78 is 25.8. The number of sulfonamides is 1. The third-order valence-electron chi connectivity index (χ3n) is 5.28. The van der Waals surface area contributed by atoms with Gasteiger partial charge in [-0.25, -0.2) is 13.6 Å². The SMILES string of the molecule is CCn1cc(C(=O)NCCc2ccc(S(N)(=O)=O)cc2)c2nn(-c3ccccc3)c(=O)c-2c1. The lowest BCUT2D eigenvalue weighted by Crippen LogP contribution is -2.27. The lowest BCUT2D eigenvalue weighted by Gasteiger charge is -2.11. The molecule has 0 bridgehead atoms. The van der Waals surface area contributed by atoms with E-state index in [9.17, 15) is 18.0 Å². The standard InChI is InChI=1S/C23H23N5O4S/c1-2-27-14-19(21-20(15-27)23(30)28(26-21)17-6-4-3-5-7-17)22(29)25-13-12-16-8-10-18(11-9-16)33(24,31)32/h3-11,14-15H,2,12-13H2,1H3,(H,25,29)(H2,24,31,32). The number of hydrogen-bond donors (Lipinski definition) is 2. The van der Waals surface area contributed by atoms with Crippen molar-refractivity contribution in [2.45, 2.75) is 24.8 Å². The molecule has 0 saturated heterocycles. The summed E-state index contributed by atoms with van der Waals surface area (Å²) in [5.74, 6) is -0.346. The van der Waals surface area contributed by atoms with E-state index in [-0.39, 0.29) is 16.4 Å². The van der Waals surface area contributed by atoms with Gasteiger partial charge in [-0.1, -0.05) is 30.3 Å². The van der Waals surface area contributed by atoms with E-state index in [1.807, 2.05) is 25.1 Å². The summed E-state index contributed by atoms with van der Waals surface area (Å²) >= 11 is 0. The van der Waals surface area contributed by atoms with Crippen LogP contribution in [0.4, 0.5) is 0 Å². The summed E-state index contributed by atoms with van der Waals surface area (Å²) in [6.45, 7) is 2.83. The number of pyridine rings is 1. The summed E-state index contributed by atoms with van der Waals surface area (Å²) in [6.07, 6.45) is 3.87. The first-order valence-electron chi connectivity index (χ1n) is 10.4. The molecule has 10 heteroatoms. The number of benzene rings is 2. The van der Waals surface area contributed by atoms with Crippen molar-refractivity contribution in [3.05, 3.63) is 88.5 Å². The normalized spacial score (nSPS) is 11.6. The lowest BCUT2D eigenvalue weighted by molar-refractivity contribution is 0.0953. The molecule has 0 spiro atoms. The number of aromatic nitrogens is 3. The van der Waals surface area contributed by atoms with Crippen LogP contribution in [0.5, 0.6) is 0 Å². The fraction of sp³-hybridized carbons (Fsp3) is 0.174. The first-order chi connectivity index (χ1) is 15.8. The van der Waals surface area contributed by atoms with Crippen LogP contribution in [0, 0.1) is 0 Å². The number of nitrogens with zero attached hydrogens (tertiary/aromatic N) is 3. The Morgan fingerprint density at radius 1 is 1.06 bits per heavy atom. The first-order valence-corrected chi connectivity index (χ1v) is 11.9. The molecule has 0 aliphatic carbocycles. The summed E-state index contributed by atoms with van der Waals surface area (Å²) in [6, 6.07) is 15.2. The van der Waals surface area contributed by atoms with E-state index in [1.165, 1.54) is 16.8 Å². The smallest absolute Gasteiger partial charge is 0.282 e. The van der Waals surface area contributed by atoms with E-state index < -0.39 is 10.0 Å². The molecular weight excluding hydrogens is 442 g/mol. The average Bonchev–Trinajstić information content (AvgIpc) is 3.15. The predicted octanol–water partition coefficient (Wildman–Crippen LogP) is 1.78. The minimum absolute atomic E-state index is 0.0357. The Morgan fingerprint density at radius 2 is 1.76 bits per heavy atom. The molecule has 2 aliphatic heterocycles. The zero-order valence-electron chi connectivity index (χ0n) is 17.9. The van der Waals surface area contributed by atoms with Crippen LogP contribution in [-0.4, -0.2) is 35.2 Å². The van der Waals surface area contributed by atoms with Crippen LogP contribution >= 0.6 is 0 Å². The number of para-hydroxylation sites is 1. The molecule has 2 aliphatic rings. The minimum atomic E-state index is -3.75. The second-order valence-electron chi connectivity index (χ2n) is 7.51. The Morgan fingerprint density at radius 3 is 2.39 bits per heavy atom. The average molecular weight is 466 g/mol. The molecule has 2 aromatic rings. The van der Waals surface area contributed by atoms with Crippen molar-refractivity contribution in [1.82, 2.24) is 19.7 Å². The van der Waals surface area contributed by atoms with Gasteiger partial charge in [-0.05, 0) is 43.2 Å².